The standard InChI is InChI=1S/C13H25NO3S/c1-11(14)3-9-18(15)12-2-6-17-13(10-12)4-7-16-8-5-13/h11-12H,2-10,14H2,1H3. The van der Waals surface area contributed by atoms with Crippen LogP contribution in [-0.4, -0.2) is 46.7 Å². The van der Waals surface area contributed by atoms with Crippen LogP contribution >= 0.6 is 0 Å². The molecule has 2 aliphatic heterocycles. The van der Waals surface area contributed by atoms with Crippen LogP contribution in [-0.2, 0) is 20.3 Å². The van der Waals surface area contributed by atoms with Gasteiger partial charge < -0.3 is 15.2 Å². The maximum absolute atomic E-state index is 12.3. The van der Waals surface area contributed by atoms with Crippen LogP contribution in [0.1, 0.15) is 39.0 Å². The summed E-state index contributed by atoms with van der Waals surface area (Å²) in [4.78, 5) is 0. The van der Waals surface area contributed by atoms with Gasteiger partial charge in [0.15, 0.2) is 0 Å². The Morgan fingerprint density at radius 2 is 2.11 bits per heavy atom. The van der Waals surface area contributed by atoms with E-state index in [9.17, 15) is 4.21 Å². The van der Waals surface area contributed by atoms with Crippen molar-refractivity contribution in [2.45, 2.75) is 55.9 Å². The first kappa shape index (κ1) is 14.4. The van der Waals surface area contributed by atoms with Crippen molar-refractivity contribution < 1.29 is 13.7 Å². The van der Waals surface area contributed by atoms with Crippen molar-refractivity contribution in [3.05, 3.63) is 0 Å². The van der Waals surface area contributed by atoms with E-state index in [2.05, 4.69) is 0 Å². The van der Waals surface area contributed by atoms with Gasteiger partial charge in [-0.15, -0.1) is 0 Å². The normalized spacial score (nSPS) is 31.1. The Kier molecular flexibility index (Phi) is 5.18. The molecule has 2 saturated heterocycles. The van der Waals surface area contributed by atoms with E-state index in [0.29, 0.717) is 0 Å². The molecule has 0 radical (unpaired) electrons. The van der Waals surface area contributed by atoms with Crippen LogP contribution < -0.4 is 5.73 Å². The molecule has 0 bridgehead atoms. The van der Waals surface area contributed by atoms with Gasteiger partial charge in [-0.1, -0.05) is 0 Å². The molecule has 2 fully saturated rings. The van der Waals surface area contributed by atoms with Gasteiger partial charge in [-0.2, -0.15) is 0 Å². The van der Waals surface area contributed by atoms with E-state index in [4.69, 9.17) is 15.2 Å². The smallest absolute Gasteiger partial charge is 0.0737 e. The van der Waals surface area contributed by atoms with Gasteiger partial charge in [0.05, 0.1) is 5.60 Å². The van der Waals surface area contributed by atoms with Gasteiger partial charge in [-0.3, -0.25) is 4.21 Å². The van der Waals surface area contributed by atoms with Crippen molar-refractivity contribution in [3.63, 3.8) is 0 Å². The summed E-state index contributed by atoms with van der Waals surface area (Å²) < 4.78 is 23.7. The summed E-state index contributed by atoms with van der Waals surface area (Å²) in [7, 11) is -0.756. The zero-order valence-electron chi connectivity index (χ0n) is 11.2. The SMILES string of the molecule is CC(N)CCS(=O)C1CCOC2(CCOCC2)C1. The predicted octanol–water partition coefficient (Wildman–Crippen LogP) is 1.20. The quantitative estimate of drug-likeness (QED) is 0.837. The molecule has 2 N–H and O–H groups in total. The first-order valence-electron chi connectivity index (χ1n) is 6.96. The van der Waals surface area contributed by atoms with E-state index in [1.165, 1.54) is 0 Å². The van der Waals surface area contributed by atoms with Gasteiger partial charge in [-0.05, 0) is 39.0 Å². The van der Waals surface area contributed by atoms with Crippen molar-refractivity contribution in [2.24, 2.45) is 5.73 Å². The van der Waals surface area contributed by atoms with E-state index in [1.807, 2.05) is 6.92 Å². The van der Waals surface area contributed by atoms with Gasteiger partial charge in [0.2, 0.25) is 0 Å². The average molecular weight is 275 g/mol. The fourth-order valence-electron chi connectivity index (χ4n) is 2.77. The summed E-state index contributed by atoms with van der Waals surface area (Å²) in [5.74, 6) is 0.731. The molecule has 0 amide bonds. The molecule has 3 atom stereocenters. The Morgan fingerprint density at radius 1 is 1.39 bits per heavy atom. The summed E-state index contributed by atoms with van der Waals surface area (Å²) in [5.41, 5.74) is 5.68. The van der Waals surface area contributed by atoms with Crippen LogP contribution in [0.4, 0.5) is 0 Å². The molecule has 0 aromatic rings. The summed E-state index contributed by atoms with van der Waals surface area (Å²) >= 11 is 0. The van der Waals surface area contributed by atoms with Gasteiger partial charge >= 0.3 is 0 Å². The van der Waals surface area contributed by atoms with Crippen molar-refractivity contribution in [2.75, 3.05) is 25.6 Å². The molecule has 18 heavy (non-hydrogen) atoms. The molecular weight excluding hydrogens is 250 g/mol. The van der Waals surface area contributed by atoms with E-state index in [-0.39, 0.29) is 16.9 Å². The van der Waals surface area contributed by atoms with Crippen LogP contribution in [0.25, 0.3) is 0 Å². The lowest BCUT2D eigenvalue weighted by molar-refractivity contribution is -0.131. The van der Waals surface area contributed by atoms with Crippen LogP contribution in [0.5, 0.6) is 0 Å². The number of hydrogen-bond donors (Lipinski definition) is 1. The fourth-order valence-corrected chi connectivity index (χ4v) is 4.55. The molecule has 0 saturated carbocycles. The Balaban J connectivity index is 1.87. The Labute approximate surface area is 112 Å². The van der Waals surface area contributed by atoms with Crippen LogP contribution in [0, 0.1) is 0 Å². The maximum atomic E-state index is 12.3. The molecule has 0 aromatic heterocycles. The lowest BCUT2D eigenvalue weighted by Crippen LogP contribution is -2.47. The topological polar surface area (TPSA) is 61.6 Å². The second-order valence-corrected chi connectivity index (χ2v) is 7.45. The molecule has 106 valence electrons. The zero-order valence-corrected chi connectivity index (χ0v) is 12.0. The number of rotatable bonds is 4. The number of nitrogens with two attached hydrogens (primary N) is 1. The highest BCUT2D eigenvalue weighted by molar-refractivity contribution is 7.85. The minimum atomic E-state index is -0.756. The third-order valence-corrected chi connectivity index (χ3v) is 5.78. The van der Waals surface area contributed by atoms with Gasteiger partial charge in [0.1, 0.15) is 0 Å². The Hall–Kier alpha value is 0.0300. The summed E-state index contributed by atoms with van der Waals surface area (Å²) in [5, 5.41) is 0.288. The van der Waals surface area contributed by atoms with E-state index < -0.39 is 10.8 Å². The van der Waals surface area contributed by atoms with Crippen LogP contribution in [0.3, 0.4) is 0 Å². The highest BCUT2D eigenvalue weighted by Gasteiger charge is 2.40. The molecule has 0 aliphatic carbocycles. The monoisotopic (exact) mass is 275 g/mol. The zero-order chi connectivity index (χ0) is 13.0. The predicted molar refractivity (Wildman–Crippen MR) is 73.0 cm³/mol. The van der Waals surface area contributed by atoms with Crippen LogP contribution in [0.2, 0.25) is 0 Å². The lowest BCUT2D eigenvalue weighted by Gasteiger charge is -2.43. The van der Waals surface area contributed by atoms with Crippen molar-refractivity contribution in [1.82, 2.24) is 0 Å². The molecular formula is C13H25NO3S. The summed E-state index contributed by atoms with van der Waals surface area (Å²) in [6.45, 7) is 4.27. The van der Waals surface area contributed by atoms with E-state index in [1.54, 1.807) is 0 Å². The van der Waals surface area contributed by atoms with Crippen molar-refractivity contribution in [1.29, 1.82) is 0 Å². The third kappa shape index (κ3) is 3.76. The number of hydrogen-bond acceptors (Lipinski definition) is 4. The van der Waals surface area contributed by atoms with E-state index >= 15 is 0 Å². The van der Waals surface area contributed by atoms with Gasteiger partial charge in [0.25, 0.3) is 0 Å². The van der Waals surface area contributed by atoms with E-state index in [0.717, 1.165) is 57.7 Å². The second kappa shape index (κ2) is 6.46. The van der Waals surface area contributed by atoms with Crippen molar-refractivity contribution in [3.8, 4) is 0 Å². The largest absolute Gasteiger partial charge is 0.381 e. The fraction of sp³-hybridized carbons (Fsp3) is 1.00. The molecule has 3 unspecified atom stereocenters. The molecule has 0 aromatic carbocycles. The Morgan fingerprint density at radius 3 is 2.78 bits per heavy atom. The van der Waals surface area contributed by atoms with Gasteiger partial charge in [-0.25, -0.2) is 0 Å². The lowest BCUT2D eigenvalue weighted by atomic mass is 9.86. The second-order valence-electron chi connectivity index (χ2n) is 5.61. The molecule has 2 heterocycles. The molecule has 4 nitrogen and oxygen atoms in total. The molecule has 2 rings (SSSR count). The summed E-state index contributed by atoms with van der Waals surface area (Å²) in [6, 6.07) is 0.144. The average Bonchev–Trinajstić information content (AvgIpc) is 2.37. The molecule has 2 aliphatic rings. The minimum Gasteiger partial charge on any atom is -0.381 e. The molecule has 5 heteroatoms. The highest BCUT2D eigenvalue weighted by atomic mass is 32.2. The third-order valence-electron chi connectivity index (χ3n) is 4.00. The summed E-state index contributed by atoms with van der Waals surface area (Å²) in [6.07, 6.45) is 4.61. The maximum Gasteiger partial charge on any atom is 0.0737 e. The minimum absolute atomic E-state index is 0.0504. The first-order chi connectivity index (χ1) is 8.61. The first-order valence-corrected chi connectivity index (χ1v) is 8.34. The molecule has 1 spiro atoms. The van der Waals surface area contributed by atoms with Gasteiger partial charge in [0, 0.05) is 47.7 Å². The Bertz CT molecular complexity index is 284. The van der Waals surface area contributed by atoms with Crippen LogP contribution in [0.15, 0.2) is 0 Å². The highest BCUT2D eigenvalue weighted by Crippen LogP contribution is 2.36. The number of ether oxygens (including phenoxy) is 2. The van der Waals surface area contributed by atoms with Crippen molar-refractivity contribution >= 4 is 10.8 Å².